The second-order valence-electron chi connectivity index (χ2n) is 0.388. The van der Waals surface area contributed by atoms with E-state index >= 15 is 0 Å². The van der Waals surface area contributed by atoms with Gasteiger partial charge in [0.2, 0.25) is 0 Å². The zero-order chi connectivity index (χ0) is 9.15. The van der Waals surface area contributed by atoms with Gasteiger partial charge in [0.05, 0.1) is 0 Å². The predicted molar refractivity (Wildman–Crippen MR) is 36.7 cm³/mol. The minimum absolute atomic E-state index is 0. The van der Waals surface area contributed by atoms with Crippen LogP contribution in [0.5, 0.6) is 0 Å². The van der Waals surface area contributed by atoms with Crippen molar-refractivity contribution in [3.63, 3.8) is 0 Å². The van der Waals surface area contributed by atoms with Gasteiger partial charge >= 0.3 is 17.1 Å². The molecule has 0 aromatic heterocycles. The number of rotatable bonds is 0. The average Bonchev–Trinajstić information content (AvgIpc) is 1.66. The van der Waals surface area contributed by atoms with Crippen molar-refractivity contribution in [1.29, 1.82) is 0 Å². The molecule has 2 unspecified atom stereocenters. The molecule has 0 saturated heterocycles. The van der Waals surface area contributed by atoms with Gasteiger partial charge in [-0.25, -0.2) is 0 Å². The van der Waals surface area contributed by atoms with Gasteiger partial charge in [0, 0.05) is 20.6 Å². The van der Waals surface area contributed by atoms with Crippen LogP contribution in [0.2, 0.25) is 0 Å². The third-order valence-corrected chi connectivity index (χ3v) is 0. The van der Waals surface area contributed by atoms with Gasteiger partial charge in [-0.1, -0.05) is 0 Å². The monoisotopic (exact) mass is 283 g/mol. The summed E-state index contributed by atoms with van der Waals surface area (Å²) in [5.41, 5.74) is 0. The molecule has 0 aliphatic carbocycles. The van der Waals surface area contributed by atoms with E-state index in [-0.39, 0.29) is 17.1 Å². The molecule has 0 aliphatic rings. The van der Waals surface area contributed by atoms with Crippen LogP contribution in [0.4, 0.5) is 0 Å². The minimum Gasteiger partial charge on any atom is -0.760 e. The number of hydrogen-bond acceptors (Lipinski definition) is 5. The van der Waals surface area contributed by atoms with Crippen LogP contribution >= 0.6 is 21.4 Å². The van der Waals surface area contributed by atoms with Gasteiger partial charge in [-0.2, -0.15) is 0 Å². The Morgan fingerprint density at radius 1 is 1.00 bits per heavy atom. The molecule has 0 rings (SSSR count). The van der Waals surface area contributed by atoms with Crippen molar-refractivity contribution in [2.75, 3.05) is 0 Å². The van der Waals surface area contributed by atoms with E-state index in [0.29, 0.717) is 0 Å². The number of halogens is 2. The van der Waals surface area contributed by atoms with E-state index in [2.05, 4.69) is 21.4 Å². The summed E-state index contributed by atoms with van der Waals surface area (Å²) < 4.78 is 35.1. The molecule has 69 valence electrons. The minimum atomic E-state index is -2.39. The maximum atomic E-state index is 8.77. The Morgan fingerprint density at radius 2 is 1.00 bits per heavy atom. The Hall–Kier alpha value is 0.989. The summed E-state index contributed by atoms with van der Waals surface area (Å²) in [5, 5.41) is 0. The van der Waals surface area contributed by atoms with Crippen molar-refractivity contribution in [3.8, 4) is 0 Å². The van der Waals surface area contributed by atoms with Crippen LogP contribution in [0.1, 0.15) is 0 Å². The van der Waals surface area contributed by atoms with Gasteiger partial charge < -0.3 is 13.9 Å². The average molecular weight is 284 g/mol. The maximum absolute atomic E-state index is 8.77. The molecular weight excluding hydrogens is 282 g/mol. The van der Waals surface area contributed by atoms with E-state index in [0.717, 1.165) is 0 Å². The quantitative estimate of drug-likeness (QED) is 0.350. The number of hydrogen-bond donors (Lipinski definition) is 0. The molecule has 2 atom stereocenters. The number of carbonyl (C=O) groups is 1. The van der Waals surface area contributed by atoms with Gasteiger partial charge in [-0.3, -0.25) is 8.42 Å². The fourth-order valence-corrected chi connectivity index (χ4v) is 0. The summed E-state index contributed by atoms with van der Waals surface area (Å²) in [5.74, 6) is 0. The van der Waals surface area contributed by atoms with Crippen molar-refractivity contribution < 1.29 is 39.4 Å². The topological polar surface area (TPSA) is 97.3 Å². The summed E-state index contributed by atoms with van der Waals surface area (Å²) in [4.78, 5) is 8.00. The third-order valence-electron chi connectivity index (χ3n) is 0. The first-order chi connectivity index (χ1) is 4.46. The zero-order valence-electron chi connectivity index (χ0n) is 4.70. The normalized spacial score (nSPS) is 11.6. The third kappa shape index (κ3) is 907. The van der Waals surface area contributed by atoms with Gasteiger partial charge in [-0.05, 0) is 21.4 Å². The molecule has 1 radical (unpaired) electrons. The fraction of sp³-hybridized carbons (Fsp3) is 0. The van der Waals surface area contributed by atoms with Gasteiger partial charge in [0.1, 0.15) is 6.79 Å². The Labute approximate surface area is 87.9 Å². The molecule has 0 heterocycles. The molecular formula is CH2Cl2MnO5S2. The van der Waals surface area contributed by atoms with E-state index in [1.165, 1.54) is 0 Å². The number of carbonyl (C=O) groups excluding carboxylic acids is 1. The van der Waals surface area contributed by atoms with Crippen LogP contribution in [0.25, 0.3) is 0 Å². The van der Waals surface area contributed by atoms with Crippen molar-refractivity contribution in [2.24, 2.45) is 0 Å². The second-order valence-corrected chi connectivity index (χ2v) is 2.68. The van der Waals surface area contributed by atoms with Crippen LogP contribution < -0.4 is 0 Å². The van der Waals surface area contributed by atoms with Crippen LogP contribution in [0.3, 0.4) is 0 Å². The molecule has 0 spiro atoms. The molecule has 0 fully saturated rings. The molecule has 0 aromatic carbocycles. The van der Waals surface area contributed by atoms with E-state index in [1.54, 1.807) is 0 Å². The first-order valence-corrected chi connectivity index (χ1v) is 5.07. The van der Waals surface area contributed by atoms with Crippen LogP contribution in [-0.2, 0) is 42.5 Å². The van der Waals surface area contributed by atoms with E-state index in [1.807, 2.05) is 6.79 Å². The van der Waals surface area contributed by atoms with E-state index in [9.17, 15) is 0 Å². The maximum Gasteiger partial charge on any atom is 2.00 e. The first-order valence-electron chi connectivity index (χ1n) is 1.26. The molecule has 10 heteroatoms. The molecule has 0 aliphatic heterocycles. The first kappa shape index (κ1) is 22.7. The largest absolute Gasteiger partial charge is 2.00 e. The standard InChI is InChI=1S/CH2O.2ClHO2S.Mn/c1-2;2*1-4(2)3;/h1H2;2*(H,2,3);/q;;;+2/p-2. The van der Waals surface area contributed by atoms with Gasteiger partial charge in [0.25, 0.3) is 0 Å². The van der Waals surface area contributed by atoms with Crippen LogP contribution in [-0.4, -0.2) is 24.3 Å². The Kier molecular flexibility index (Phi) is 46.3. The Morgan fingerprint density at radius 3 is 1.00 bits per heavy atom. The van der Waals surface area contributed by atoms with Gasteiger partial charge in [0.15, 0.2) is 0 Å². The predicted octanol–water partition coefficient (Wildman–Crippen LogP) is -0.149. The van der Waals surface area contributed by atoms with Crippen molar-refractivity contribution in [1.82, 2.24) is 0 Å². The molecule has 0 amide bonds. The smallest absolute Gasteiger partial charge is 0.760 e. The summed E-state index contributed by atoms with van der Waals surface area (Å²) in [6.45, 7) is 2.00. The molecule has 0 bridgehead atoms. The molecule has 11 heavy (non-hydrogen) atoms. The summed E-state index contributed by atoms with van der Waals surface area (Å²) >= 11 is 0. The summed E-state index contributed by atoms with van der Waals surface area (Å²) in [6, 6.07) is 0. The van der Waals surface area contributed by atoms with E-state index < -0.39 is 20.6 Å². The Bertz CT molecular complexity index is 90.7. The summed E-state index contributed by atoms with van der Waals surface area (Å²) in [6.07, 6.45) is 0. The molecule has 5 nitrogen and oxygen atoms in total. The molecule has 0 N–H and O–H groups in total. The van der Waals surface area contributed by atoms with Gasteiger partial charge in [-0.15, -0.1) is 0 Å². The second kappa shape index (κ2) is 22.4. The Balaban J connectivity index is -0.0000000339. The van der Waals surface area contributed by atoms with Crippen LogP contribution in [0.15, 0.2) is 0 Å². The van der Waals surface area contributed by atoms with Crippen molar-refractivity contribution in [2.45, 2.75) is 0 Å². The summed E-state index contributed by atoms with van der Waals surface area (Å²) in [7, 11) is 3.60. The molecule has 0 saturated carbocycles. The van der Waals surface area contributed by atoms with Crippen molar-refractivity contribution >= 4 is 48.7 Å². The fourth-order valence-electron chi connectivity index (χ4n) is 0. The van der Waals surface area contributed by atoms with Crippen LogP contribution in [0, 0.1) is 0 Å². The van der Waals surface area contributed by atoms with Crippen molar-refractivity contribution in [3.05, 3.63) is 0 Å². The SMILES string of the molecule is C=O.O=S([O-])Cl.O=S([O-])Cl.[Mn+2]. The van der Waals surface area contributed by atoms with E-state index in [4.69, 9.17) is 22.3 Å². The zero-order valence-corrected chi connectivity index (χ0v) is 9.02. The molecule has 0 aromatic rings.